The van der Waals surface area contributed by atoms with Gasteiger partial charge in [0.25, 0.3) is 5.91 Å². The topological polar surface area (TPSA) is 53.9 Å². The van der Waals surface area contributed by atoms with Crippen molar-refractivity contribution in [3.05, 3.63) is 59.7 Å². The largest absolute Gasteiger partial charge is 0.484 e. The fraction of sp³-hybridized carbons (Fsp3) is 0.391. The molecule has 1 amide bonds. The maximum Gasteiger partial charge on any atom is 0.277 e. The summed E-state index contributed by atoms with van der Waals surface area (Å²) in [5.41, 5.74) is 5.91. The van der Waals surface area contributed by atoms with E-state index < -0.39 is 0 Å². The molecular formula is C23H31N3O2. The number of hydrazone groups is 1. The van der Waals surface area contributed by atoms with Gasteiger partial charge in [0.05, 0.1) is 6.21 Å². The van der Waals surface area contributed by atoms with E-state index in [-0.39, 0.29) is 17.9 Å². The Kier molecular flexibility index (Phi) is 7.61. The third-order valence-corrected chi connectivity index (χ3v) is 4.51. The van der Waals surface area contributed by atoms with Crippen molar-refractivity contribution < 1.29 is 9.53 Å². The summed E-state index contributed by atoms with van der Waals surface area (Å²) in [5, 5.41) is 4.00. The van der Waals surface area contributed by atoms with Crippen LogP contribution in [0.15, 0.2) is 53.6 Å². The molecular weight excluding hydrogens is 350 g/mol. The summed E-state index contributed by atoms with van der Waals surface area (Å²) in [5.74, 6) is 0.370. The summed E-state index contributed by atoms with van der Waals surface area (Å²) >= 11 is 0. The number of ether oxygens (including phenoxy) is 1. The average Bonchev–Trinajstić information content (AvgIpc) is 2.68. The molecule has 0 heterocycles. The Morgan fingerprint density at radius 3 is 2.18 bits per heavy atom. The quantitative estimate of drug-likeness (QED) is 0.546. The van der Waals surface area contributed by atoms with Crippen molar-refractivity contribution in [2.24, 2.45) is 5.10 Å². The first-order valence-corrected chi connectivity index (χ1v) is 9.73. The maximum absolute atomic E-state index is 11.9. The Morgan fingerprint density at radius 1 is 1.04 bits per heavy atom. The van der Waals surface area contributed by atoms with Gasteiger partial charge in [-0.15, -0.1) is 0 Å². The fourth-order valence-electron chi connectivity index (χ4n) is 2.77. The maximum atomic E-state index is 11.9. The molecule has 5 heteroatoms. The van der Waals surface area contributed by atoms with Crippen LogP contribution in [-0.4, -0.2) is 31.8 Å². The molecule has 2 rings (SSSR count). The molecule has 150 valence electrons. The lowest BCUT2D eigenvalue weighted by Gasteiger charge is -2.20. The van der Waals surface area contributed by atoms with E-state index in [2.05, 4.69) is 62.2 Å². The summed E-state index contributed by atoms with van der Waals surface area (Å²) in [7, 11) is 0. The van der Waals surface area contributed by atoms with Crippen molar-refractivity contribution in [2.75, 3.05) is 24.6 Å². The van der Waals surface area contributed by atoms with E-state index in [4.69, 9.17) is 4.74 Å². The van der Waals surface area contributed by atoms with Gasteiger partial charge >= 0.3 is 0 Å². The van der Waals surface area contributed by atoms with Crippen LogP contribution in [0.25, 0.3) is 0 Å². The third-order valence-electron chi connectivity index (χ3n) is 4.51. The van der Waals surface area contributed by atoms with Gasteiger partial charge in [-0.25, -0.2) is 5.43 Å². The molecule has 0 unspecified atom stereocenters. The Hall–Kier alpha value is -2.82. The van der Waals surface area contributed by atoms with E-state index >= 15 is 0 Å². The van der Waals surface area contributed by atoms with Crippen molar-refractivity contribution in [1.82, 2.24) is 5.43 Å². The van der Waals surface area contributed by atoms with Crippen molar-refractivity contribution in [3.8, 4) is 5.75 Å². The Morgan fingerprint density at radius 2 is 1.64 bits per heavy atom. The van der Waals surface area contributed by atoms with Crippen molar-refractivity contribution in [2.45, 2.75) is 40.0 Å². The molecule has 0 bridgehead atoms. The first-order valence-electron chi connectivity index (χ1n) is 9.73. The molecule has 0 aliphatic heterocycles. The van der Waals surface area contributed by atoms with Gasteiger partial charge in [0.2, 0.25) is 0 Å². The predicted molar refractivity (Wildman–Crippen MR) is 116 cm³/mol. The van der Waals surface area contributed by atoms with Gasteiger partial charge in [-0.05, 0) is 54.7 Å². The molecule has 0 aliphatic rings. The number of carbonyl (C=O) groups excluding carboxylic acids is 1. The molecule has 1 N–H and O–H groups in total. The van der Waals surface area contributed by atoms with Crippen LogP contribution < -0.4 is 15.1 Å². The molecule has 0 aliphatic carbocycles. The molecule has 28 heavy (non-hydrogen) atoms. The highest BCUT2D eigenvalue weighted by molar-refractivity contribution is 5.83. The van der Waals surface area contributed by atoms with Gasteiger partial charge in [-0.1, -0.05) is 45.0 Å². The van der Waals surface area contributed by atoms with Crippen molar-refractivity contribution in [3.63, 3.8) is 0 Å². The molecule has 2 aromatic rings. The number of hydrogen-bond acceptors (Lipinski definition) is 4. The van der Waals surface area contributed by atoms with Crippen LogP contribution in [0.1, 0.15) is 45.7 Å². The molecule has 0 fully saturated rings. The van der Waals surface area contributed by atoms with E-state index in [1.54, 1.807) is 6.21 Å². The standard InChI is InChI=1S/C23H31N3O2/c1-6-26(7-2)20-12-8-18(9-13-20)16-24-25-22(27)17-28-21-14-10-19(11-15-21)23(3,4)5/h8-16H,6-7,17H2,1-5H3,(H,25,27)/b24-16+. The lowest BCUT2D eigenvalue weighted by Crippen LogP contribution is -2.24. The van der Waals surface area contributed by atoms with Crippen LogP contribution >= 0.6 is 0 Å². The summed E-state index contributed by atoms with van der Waals surface area (Å²) in [4.78, 5) is 14.2. The highest BCUT2D eigenvalue weighted by Gasteiger charge is 2.13. The van der Waals surface area contributed by atoms with E-state index in [1.807, 2.05) is 36.4 Å². The molecule has 0 saturated carbocycles. The smallest absolute Gasteiger partial charge is 0.277 e. The molecule has 0 aromatic heterocycles. The van der Waals surface area contributed by atoms with Crippen LogP contribution in [0, 0.1) is 0 Å². The summed E-state index contributed by atoms with van der Waals surface area (Å²) < 4.78 is 5.51. The minimum Gasteiger partial charge on any atom is -0.484 e. The molecule has 0 saturated heterocycles. The normalized spacial score (nSPS) is 11.5. The number of nitrogens with one attached hydrogen (secondary N) is 1. The zero-order valence-corrected chi connectivity index (χ0v) is 17.5. The van der Waals surface area contributed by atoms with Crippen molar-refractivity contribution >= 4 is 17.8 Å². The molecule has 0 spiro atoms. The monoisotopic (exact) mass is 381 g/mol. The molecule has 5 nitrogen and oxygen atoms in total. The van der Waals surface area contributed by atoms with Crippen LogP contribution in [0.3, 0.4) is 0 Å². The number of carbonyl (C=O) groups is 1. The van der Waals surface area contributed by atoms with Gasteiger partial charge in [0.15, 0.2) is 6.61 Å². The number of hydrogen-bond donors (Lipinski definition) is 1. The van der Waals surface area contributed by atoms with Crippen LogP contribution in [0.2, 0.25) is 0 Å². The van der Waals surface area contributed by atoms with Crippen molar-refractivity contribution in [1.29, 1.82) is 0 Å². The first-order chi connectivity index (χ1) is 13.3. The lowest BCUT2D eigenvalue weighted by molar-refractivity contribution is -0.123. The third kappa shape index (κ3) is 6.41. The summed E-state index contributed by atoms with van der Waals surface area (Å²) in [6, 6.07) is 15.9. The Balaban J connectivity index is 1.80. The number of nitrogens with zero attached hydrogens (tertiary/aromatic N) is 2. The van der Waals surface area contributed by atoms with Crippen LogP contribution in [-0.2, 0) is 10.2 Å². The average molecular weight is 382 g/mol. The minimum absolute atomic E-state index is 0.0763. The number of rotatable bonds is 8. The summed E-state index contributed by atoms with van der Waals surface area (Å²) in [6.07, 6.45) is 1.63. The molecule has 0 atom stereocenters. The number of amides is 1. The van der Waals surface area contributed by atoms with Gasteiger partial charge in [0.1, 0.15) is 5.75 Å². The van der Waals surface area contributed by atoms with Gasteiger partial charge < -0.3 is 9.64 Å². The second-order valence-electron chi connectivity index (χ2n) is 7.62. The summed E-state index contributed by atoms with van der Waals surface area (Å²) in [6.45, 7) is 12.6. The van der Waals surface area contributed by atoms with Gasteiger partial charge in [0, 0.05) is 18.8 Å². The Bertz CT molecular complexity index is 771. The highest BCUT2D eigenvalue weighted by atomic mass is 16.5. The number of anilines is 1. The predicted octanol–water partition coefficient (Wildman–Crippen LogP) is 4.36. The SMILES string of the molecule is CCN(CC)c1ccc(/C=N/NC(=O)COc2ccc(C(C)(C)C)cc2)cc1. The van der Waals surface area contributed by atoms with Gasteiger partial charge in [-0.2, -0.15) is 5.10 Å². The van der Waals surface area contributed by atoms with E-state index in [0.29, 0.717) is 5.75 Å². The second-order valence-corrected chi connectivity index (χ2v) is 7.62. The molecule has 2 aromatic carbocycles. The zero-order chi connectivity index (χ0) is 20.6. The minimum atomic E-state index is -0.295. The second kappa shape index (κ2) is 9.93. The molecule has 0 radical (unpaired) electrons. The number of benzene rings is 2. The van der Waals surface area contributed by atoms with E-state index in [1.165, 1.54) is 11.3 Å². The lowest BCUT2D eigenvalue weighted by atomic mass is 9.87. The van der Waals surface area contributed by atoms with E-state index in [0.717, 1.165) is 18.7 Å². The highest BCUT2D eigenvalue weighted by Crippen LogP contribution is 2.24. The zero-order valence-electron chi connectivity index (χ0n) is 17.5. The van der Waals surface area contributed by atoms with Crippen LogP contribution in [0.5, 0.6) is 5.75 Å². The first kappa shape index (κ1) is 21.5. The van der Waals surface area contributed by atoms with E-state index in [9.17, 15) is 4.79 Å². The Labute approximate surface area is 168 Å². The fourth-order valence-corrected chi connectivity index (χ4v) is 2.77. The van der Waals surface area contributed by atoms with Gasteiger partial charge in [-0.3, -0.25) is 4.79 Å². The van der Waals surface area contributed by atoms with Crippen LogP contribution in [0.4, 0.5) is 5.69 Å².